The lowest BCUT2D eigenvalue weighted by atomic mass is 9.97. The normalized spacial score (nSPS) is 21.6. The van der Waals surface area contributed by atoms with Crippen molar-refractivity contribution in [3.05, 3.63) is 70.7 Å². The van der Waals surface area contributed by atoms with Gasteiger partial charge in [-0.1, -0.05) is 46.3 Å². The summed E-state index contributed by atoms with van der Waals surface area (Å²) in [4.78, 5) is 15.7. The predicted molar refractivity (Wildman–Crippen MR) is 130 cm³/mol. The monoisotopic (exact) mass is 512 g/mol. The number of rotatable bonds is 3. The SMILES string of the molecule is C[C@@H]1Cc2cc(Br)ccc2N1C(=O)[C@H]1CCCN(S(=O)(=O)c2ccc3ccccc3c2)C1. The van der Waals surface area contributed by atoms with Crippen LogP contribution in [0.4, 0.5) is 5.69 Å². The molecule has 1 saturated heterocycles. The van der Waals surface area contributed by atoms with Crippen molar-refractivity contribution in [2.45, 2.75) is 37.1 Å². The summed E-state index contributed by atoms with van der Waals surface area (Å²) in [5.41, 5.74) is 2.09. The largest absolute Gasteiger partial charge is 0.309 e. The topological polar surface area (TPSA) is 57.7 Å². The fourth-order valence-electron chi connectivity index (χ4n) is 4.97. The zero-order valence-corrected chi connectivity index (χ0v) is 20.3. The van der Waals surface area contributed by atoms with Crippen LogP contribution in [0, 0.1) is 5.92 Å². The van der Waals surface area contributed by atoms with Crippen LogP contribution in [0.15, 0.2) is 70.0 Å². The summed E-state index contributed by atoms with van der Waals surface area (Å²) in [5.74, 6) is -0.312. The average molecular weight is 513 g/mol. The van der Waals surface area contributed by atoms with Crippen molar-refractivity contribution in [2.75, 3.05) is 18.0 Å². The first-order valence-electron chi connectivity index (χ1n) is 10.9. The van der Waals surface area contributed by atoms with Gasteiger partial charge < -0.3 is 4.90 Å². The second-order valence-corrected chi connectivity index (χ2v) is 11.6. The molecule has 3 aromatic rings. The molecule has 0 radical (unpaired) electrons. The minimum absolute atomic E-state index is 0.0250. The van der Waals surface area contributed by atoms with Gasteiger partial charge in [-0.05, 0) is 72.9 Å². The van der Waals surface area contributed by atoms with Gasteiger partial charge in [0.05, 0.1) is 10.8 Å². The fourth-order valence-corrected chi connectivity index (χ4v) is 6.94. The first kappa shape index (κ1) is 21.6. The molecule has 2 atom stereocenters. The van der Waals surface area contributed by atoms with Crippen LogP contribution in [-0.4, -0.2) is 37.8 Å². The van der Waals surface area contributed by atoms with Gasteiger partial charge in [0.1, 0.15) is 0 Å². The van der Waals surface area contributed by atoms with Crippen LogP contribution in [0.2, 0.25) is 0 Å². The maximum absolute atomic E-state index is 13.5. The summed E-state index contributed by atoms with van der Waals surface area (Å²) in [6.07, 6.45) is 2.20. The summed E-state index contributed by atoms with van der Waals surface area (Å²) < 4.78 is 29.3. The molecule has 0 bridgehead atoms. The Morgan fingerprint density at radius 3 is 2.62 bits per heavy atom. The molecule has 5 rings (SSSR count). The Morgan fingerprint density at radius 2 is 1.81 bits per heavy atom. The number of amides is 1. The van der Waals surface area contributed by atoms with Crippen molar-refractivity contribution in [3.8, 4) is 0 Å². The zero-order valence-electron chi connectivity index (χ0n) is 17.9. The van der Waals surface area contributed by atoms with Gasteiger partial charge in [-0.2, -0.15) is 4.31 Å². The number of piperidine rings is 1. The lowest BCUT2D eigenvalue weighted by molar-refractivity contribution is -0.123. The molecule has 2 aliphatic heterocycles. The van der Waals surface area contributed by atoms with E-state index in [0.717, 1.165) is 32.9 Å². The molecule has 0 spiro atoms. The van der Waals surface area contributed by atoms with Gasteiger partial charge in [0.2, 0.25) is 15.9 Å². The summed E-state index contributed by atoms with van der Waals surface area (Å²) >= 11 is 3.51. The summed E-state index contributed by atoms with van der Waals surface area (Å²) in [7, 11) is -3.67. The molecule has 0 unspecified atom stereocenters. The minimum atomic E-state index is -3.67. The van der Waals surface area contributed by atoms with Gasteiger partial charge in [0.25, 0.3) is 0 Å². The first-order valence-corrected chi connectivity index (χ1v) is 13.2. The number of hydrogen-bond donors (Lipinski definition) is 0. The Bertz CT molecular complexity index is 1310. The Hall–Kier alpha value is -2.22. The molecule has 7 heteroatoms. The smallest absolute Gasteiger partial charge is 0.243 e. The van der Waals surface area contributed by atoms with E-state index in [1.54, 1.807) is 12.1 Å². The zero-order chi connectivity index (χ0) is 22.5. The van der Waals surface area contributed by atoms with Crippen molar-refractivity contribution in [1.82, 2.24) is 4.31 Å². The third kappa shape index (κ3) is 3.76. The number of carbonyl (C=O) groups excluding carboxylic acids is 1. The summed E-state index contributed by atoms with van der Waals surface area (Å²) in [6, 6.07) is 19.0. The average Bonchev–Trinajstić information content (AvgIpc) is 3.12. The Morgan fingerprint density at radius 1 is 1.03 bits per heavy atom. The number of sulfonamides is 1. The molecule has 5 nitrogen and oxygen atoms in total. The molecule has 3 aromatic carbocycles. The van der Waals surface area contributed by atoms with Crippen LogP contribution in [0.25, 0.3) is 10.8 Å². The molecule has 0 saturated carbocycles. The van der Waals surface area contributed by atoms with Crippen molar-refractivity contribution < 1.29 is 13.2 Å². The van der Waals surface area contributed by atoms with E-state index in [9.17, 15) is 13.2 Å². The molecule has 2 aliphatic rings. The van der Waals surface area contributed by atoms with Crippen LogP contribution >= 0.6 is 15.9 Å². The number of anilines is 1. The van der Waals surface area contributed by atoms with E-state index in [-0.39, 0.29) is 29.3 Å². The summed E-state index contributed by atoms with van der Waals surface area (Å²) in [6.45, 7) is 2.72. The molecule has 0 aromatic heterocycles. The second-order valence-electron chi connectivity index (χ2n) is 8.75. The molecule has 32 heavy (non-hydrogen) atoms. The molecular formula is C25H25BrN2O3S. The van der Waals surface area contributed by atoms with Crippen LogP contribution in [0.5, 0.6) is 0 Å². The lowest BCUT2D eigenvalue weighted by Crippen LogP contribution is -2.48. The van der Waals surface area contributed by atoms with E-state index in [2.05, 4.69) is 28.9 Å². The highest BCUT2D eigenvalue weighted by Gasteiger charge is 2.39. The van der Waals surface area contributed by atoms with E-state index in [4.69, 9.17) is 0 Å². The van der Waals surface area contributed by atoms with E-state index in [0.29, 0.717) is 19.4 Å². The molecule has 0 N–H and O–H groups in total. The van der Waals surface area contributed by atoms with Gasteiger partial charge >= 0.3 is 0 Å². The van der Waals surface area contributed by atoms with E-state index >= 15 is 0 Å². The van der Waals surface area contributed by atoms with Crippen molar-refractivity contribution in [2.24, 2.45) is 5.92 Å². The third-order valence-corrected chi connectivity index (χ3v) is 8.94. The van der Waals surface area contributed by atoms with Crippen LogP contribution in [0.3, 0.4) is 0 Å². The maximum atomic E-state index is 13.5. The Kier molecular flexibility index (Phi) is 5.60. The quantitative estimate of drug-likeness (QED) is 0.497. The molecule has 0 aliphatic carbocycles. The van der Waals surface area contributed by atoms with Crippen LogP contribution < -0.4 is 4.90 Å². The third-order valence-electron chi connectivity index (χ3n) is 6.59. The van der Waals surface area contributed by atoms with Gasteiger partial charge in [-0.15, -0.1) is 0 Å². The van der Waals surface area contributed by atoms with Gasteiger partial charge in [-0.25, -0.2) is 8.42 Å². The standard InChI is InChI=1S/C25H25BrN2O3S/c1-17-13-21-14-22(26)9-11-24(21)28(17)25(29)20-7-4-12-27(16-20)32(30,31)23-10-8-18-5-2-3-6-19(18)15-23/h2-3,5-6,8-11,14-15,17,20H,4,7,12-13,16H2,1H3/t17-,20+/m1/s1. The van der Waals surface area contributed by atoms with Gasteiger partial charge in [0, 0.05) is 29.3 Å². The first-order chi connectivity index (χ1) is 15.3. The number of benzene rings is 3. The molecule has 2 heterocycles. The van der Waals surface area contributed by atoms with Gasteiger partial charge in [0.15, 0.2) is 0 Å². The Balaban J connectivity index is 1.40. The lowest BCUT2D eigenvalue weighted by Gasteiger charge is -2.34. The van der Waals surface area contributed by atoms with Crippen molar-refractivity contribution in [1.29, 1.82) is 0 Å². The van der Waals surface area contributed by atoms with Crippen molar-refractivity contribution >= 4 is 48.3 Å². The highest BCUT2D eigenvalue weighted by Crippen LogP contribution is 2.36. The number of hydrogen-bond acceptors (Lipinski definition) is 3. The predicted octanol–water partition coefficient (Wildman–Crippen LogP) is 4.98. The summed E-state index contributed by atoms with van der Waals surface area (Å²) in [5, 5.41) is 1.90. The molecule has 166 valence electrons. The van der Waals surface area contributed by atoms with Gasteiger partial charge in [-0.3, -0.25) is 4.79 Å². The minimum Gasteiger partial charge on any atom is -0.309 e. The number of halogens is 1. The number of nitrogens with zero attached hydrogens (tertiary/aromatic N) is 2. The maximum Gasteiger partial charge on any atom is 0.243 e. The molecular weight excluding hydrogens is 488 g/mol. The highest BCUT2D eigenvalue weighted by molar-refractivity contribution is 9.10. The second kappa shape index (κ2) is 8.28. The molecule has 1 fully saturated rings. The number of fused-ring (bicyclic) bond motifs is 2. The fraction of sp³-hybridized carbons (Fsp3) is 0.320. The van der Waals surface area contributed by atoms with Crippen LogP contribution in [-0.2, 0) is 21.2 Å². The Labute approximate surface area is 197 Å². The van der Waals surface area contributed by atoms with E-state index < -0.39 is 10.0 Å². The number of carbonyl (C=O) groups is 1. The van der Waals surface area contributed by atoms with E-state index in [1.807, 2.05) is 47.4 Å². The molecule has 1 amide bonds. The van der Waals surface area contributed by atoms with Crippen LogP contribution in [0.1, 0.15) is 25.3 Å². The van der Waals surface area contributed by atoms with Crippen molar-refractivity contribution in [3.63, 3.8) is 0 Å². The highest BCUT2D eigenvalue weighted by atomic mass is 79.9. The van der Waals surface area contributed by atoms with E-state index in [1.165, 1.54) is 4.31 Å².